The molecule has 154 valence electrons. The van der Waals surface area contributed by atoms with E-state index < -0.39 is 10.1 Å². The Balaban J connectivity index is 1.85. The molecule has 0 unspecified atom stereocenters. The summed E-state index contributed by atoms with van der Waals surface area (Å²) in [5.41, 5.74) is 0. The van der Waals surface area contributed by atoms with Crippen molar-refractivity contribution in [1.29, 1.82) is 0 Å². The molecule has 0 spiro atoms. The normalized spacial score (nSPS) is 14.5. The largest absolute Gasteiger partial charge is 0.359 e. The summed E-state index contributed by atoms with van der Waals surface area (Å²) < 4.78 is 30.2. The van der Waals surface area contributed by atoms with Crippen molar-refractivity contribution in [2.75, 3.05) is 25.5 Å². The third-order valence-corrected chi connectivity index (χ3v) is 5.80. The highest BCUT2D eigenvalue weighted by atomic mass is 32.2. The molecule has 1 heterocycles. The van der Waals surface area contributed by atoms with Gasteiger partial charge in [-0.1, -0.05) is 77.6 Å². The van der Waals surface area contributed by atoms with Gasteiger partial charge in [-0.2, -0.15) is 8.42 Å². The lowest BCUT2D eigenvalue weighted by molar-refractivity contribution is 0.261. The number of nitrogens with zero attached hydrogens (tertiary/aromatic N) is 2. The third kappa shape index (κ3) is 13.5. The Bertz CT molecular complexity index is 466. The van der Waals surface area contributed by atoms with Gasteiger partial charge in [0.25, 0.3) is 10.1 Å². The molecular formula is C20H40N2O3S. The van der Waals surface area contributed by atoms with E-state index in [2.05, 4.69) is 22.9 Å². The molecule has 1 N–H and O–H groups in total. The number of hydrogen-bond donors (Lipinski definition) is 1. The molecule has 6 heteroatoms. The molecule has 1 aliphatic rings. The summed E-state index contributed by atoms with van der Waals surface area (Å²) in [5, 5.41) is 0. The quantitative estimate of drug-likeness (QED) is 0.280. The molecule has 0 saturated carbocycles. The number of rotatable bonds is 17. The Labute approximate surface area is 161 Å². The fraction of sp³-hybridized carbons (Fsp3) is 0.900. The van der Waals surface area contributed by atoms with Crippen LogP contribution >= 0.6 is 0 Å². The van der Waals surface area contributed by atoms with E-state index in [-0.39, 0.29) is 5.75 Å². The molecule has 0 aliphatic carbocycles. The summed E-state index contributed by atoms with van der Waals surface area (Å²) in [7, 11) is -3.83. The third-order valence-electron chi connectivity index (χ3n) is 5.00. The molecule has 1 aliphatic heterocycles. The summed E-state index contributed by atoms with van der Waals surface area (Å²) in [5.74, 6) is -0.157. The van der Waals surface area contributed by atoms with Crippen molar-refractivity contribution in [3.8, 4) is 0 Å². The van der Waals surface area contributed by atoms with Crippen LogP contribution in [0.3, 0.4) is 0 Å². The summed E-state index contributed by atoms with van der Waals surface area (Å²) in [6.07, 6.45) is 21.0. The van der Waals surface area contributed by atoms with Crippen LogP contribution in [0.5, 0.6) is 0 Å². The van der Waals surface area contributed by atoms with Crippen LogP contribution in [-0.2, 0) is 10.1 Å². The summed E-state index contributed by atoms with van der Waals surface area (Å²) in [4.78, 5) is 4.38. The molecule has 5 nitrogen and oxygen atoms in total. The van der Waals surface area contributed by atoms with Gasteiger partial charge in [0.15, 0.2) is 0 Å². The zero-order valence-electron chi connectivity index (χ0n) is 16.7. The highest BCUT2D eigenvalue weighted by molar-refractivity contribution is 7.85. The van der Waals surface area contributed by atoms with Crippen LogP contribution in [0.15, 0.2) is 12.4 Å². The Kier molecular flexibility index (Phi) is 12.8. The van der Waals surface area contributed by atoms with Gasteiger partial charge in [0, 0.05) is 25.5 Å². The standard InChI is InChI=1S/C20H40N2O3S/c1-2-3-4-5-6-7-8-9-10-11-12-13-15-21-17-18-22(20-21)16-14-19-26(23,24)25/h17-18H,2-16,19-20H2,1H3,(H,23,24,25). The lowest BCUT2D eigenvalue weighted by Crippen LogP contribution is -2.27. The van der Waals surface area contributed by atoms with Crippen LogP contribution in [0, 0.1) is 0 Å². The van der Waals surface area contributed by atoms with Gasteiger partial charge in [-0.3, -0.25) is 4.55 Å². The van der Waals surface area contributed by atoms with Crippen molar-refractivity contribution in [1.82, 2.24) is 9.80 Å². The van der Waals surface area contributed by atoms with Crippen molar-refractivity contribution in [3.05, 3.63) is 12.4 Å². The lowest BCUT2D eigenvalue weighted by atomic mass is 10.1. The fourth-order valence-corrected chi connectivity index (χ4v) is 3.91. The average molecular weight is 389 g/mol. The number of hydrogen-bond acceptors (Lipinski definition) is 4. The van der Waals surface area contributed by atoms with Gasteiger partial charge in [0.2, 0.25) is 0 Å². The van der Waals surface area contributed by atoms with Crippen molar-refractivity contribution in [2.24, 2.45) is 0 Å². The van der Waals surface area contributed by atoms with E-state index >= 15 is 0 Å². The first-order chi connectivity index (χ1) is 12.5. The minimum absolute atomic E-state index is 0.157. The molecule has 0 aromatic rings. The molecule has 0 amide bonds. The summed E-state index contributed by atoms with van der Waals surface area (Å²) in [6, 6.07) is 0. The predicted molar refractivity (Wildman–Crippen MR) is 110 cm³/mol. The summed E-state index contributed by atoms with van der Waals surface area (Å²) in [6.45, 7) is 4.85. The van der Waals surface area contributed by atoms with Gasteiger partial charge in [0.05, 0.1) is 12.4 Å². The SMILES string of the molecule is CCCCCCCCCCCCCCN1C=CN(CCCS(=O)(=O)O)C1. The van der Waals surface area contributed by atoms with E-state index in [9.17, 15) is 8.42 Å². The Morgan fingerprint density at radius 1 is 0.731 bits per heavy atom. The molecule has 0 bridgehead atoms. The van der Waals surface area contributed by atoms with E-state index in [1.54, 1.807) is 0 Å². The first-order valence-electron chi connectivity index (χ1n) is 10.6. The zero-order valence-corrected chi connectivity index (χ0v) is 17.6. The molecular weight excluding hydrogens is 348 g/mol. The van der Waals surface area contributed by atoms with E-state index in [0.717, 1.165) is 13.2 Å². The molecule has 0 radical (unpaired) electrons. The highest BCUT2D eigenvalue weighted by Gasteiger charge is 2.12. The summed E-state index contributed by atoms with van der Waals surface area (Å²) >= 11 is 0. The maximum Gasteiger partial charge on any atom is 0.264 e. The second kappa shape index (κ2) is 14.3. The second-order valence-electron chi connectivity index (χ2n) is 7.59. The van der Waals surface area contributed by atoms with Gasteiger partial charge in [-0.05, 0) is 12.8 Å². The van der Waals surface area contributed by atoms with Crippen LogP contribution in [0.4, 0.5) is 0 Å². The van der Waals surface area contributed by atoms with Crippen LogP contribution in [0.25, 0.3) is 0 Å². The van der Waals surface area contributed by atoms with E-state index in [0.29, 0.717) is 13.0 Å². The molecule has 0 aromatic carbocycles. The topological polar surface area (TPSA) is 60.9 Å². The van der Waals surface area contributed by atoms with Crippen molar-refractivity contribution >= 4 is 10.1 Å². The predicted octanol–water partition coefficient (Wildman–Crippen LogP) is 5.01. The number of unbranched alkanes of at least 4 members (excludes halogenated alkanes) is 11. The van der Waals surface area contributed by atoms with Gasteiger partial charge in [0.1, 0.15) is 0 Å². The monoisotopic (exact) mass is 388 g/mol. The van der Waals surface area contributed by atoms with E-state index in [4.69, 9.17) is 4.55 Å². The lowest BCUT2D eigenvalue weighted by Gasteiger charge is -2.21. The van der Waals surface area contributed by atoms with Gasteiger partial charge < -0.3 is 9.80 Å². The minimum Gasteiger partial charge on any atom is -0.359 e. The Morgan fingerprint density at radius 3 is 1.62 bits per heavy atom. The zero-order chi connectivity index (χ0) is 19.1. The van der Waals surface area contributed by atoms with Crippen LogP contribution in [-0.4, -0.2) is 48.3 Å². The Morgan fingerprint density at radius 2 is 1.15 bits per heavy atom. The van der Waals surface area contributed by atoms with Crippen molar-refractivity contribution in [2.45, 2.75) is 90.4 Å². The molecule has 0 saturated heterocycles. The van der Waals surface area contributed by atoms with Crippen LogP contribution in [0.1, 0.15) is 90.4 Å². The van der Waals surface area contributed by atoms with E-state index in [1.807, 2.05) is 6.20 Å². The second-order valence-corrected chi connectivity index (χ2v) is 9.17. The fourth-order valence-electron chi connectivity index (χ4n) is 3.41. The maximum atomic E-state index is 10.7. The highest BCUT2D eigenvalue weighted by Crippen LogP contribution is 2.13. The van der Waals surface area contributed by atoms with Crippen LogP contribution in [0.2, 0.25) is 0 Å². The van der Waals surface area contributed by atoms with Crippen molar-refractivity contribution < 1.29 is 13.0 Å². The smallest absolute Gasteiger partial charge is 0.264 e. The molecule has 0 fully saturated rings. The molecule has 26 heavy (non-hydrogen) atoms. The first-order valence-corrected chi connectivity index (χ1v) is 12.2. The maximum absolute atomic E-state index is 10.7. The first kappa shape index (κ1) is 23.3. The van der Waals surface area contributed by atoms with Gasteiger partial charge >= 0.3 is 0 Å². The van der Waals surface area contributed by atoms with Crippen molar-refractivity contribution in [3.63, 3.8) is 0 Å². The van der Waals surface area contributed by atoms with Crippen LogP contribution < -0.4 is 0 Å². The molecule has 1 rings (SSSR count). The van der Waals surface area contributed by atoms with E-state index in [1.165, 1.54) is 77.0 Å². The average Bonchev–Trinajstić information content (AvgIpc) is 3.02. The minimum atomic E-state index is -3.83. The molecule has 0 atom stereocenters. The molecule has 0 aromatic heterocycles. The Hall–Kier alpha value is -0.750. The van der Waals surface area contributed by atoms with Gasteiger partial charge in [-0.25, -0.2) is 0 Å². The van der Waals surface area contributed by atoms with Gasteiger partial charge in [-0.15, -0.1) is 0 Å².